The van der Waals surface area contributed by atoms with Gasteiger partial charge in [0.2, 0.25) is 0 Å². The summed E-state index contributed by atoms with van der Waals surface area (Å²) in [6.45, 7) is 3.76. The van der Waals surface area contributed by atoms with Gasteiger partial charge < -0.3 is 19.5 Å². The van der Waals surface area contributed by atoms with Crippen LogP contribution in [-0.4, -0.2) is 55.2 Å². The fourth-order valence-corrected chi connectivity index (χ4v) is 3.52. The van der Waals surface area contributed by atoms with Crippen molar-refractivity contribution < 1.29 is 33.5 Å². The molecule has 10 nitrogen and oxygen atoms in total. The molecule has 0 aromatic heterocycles. The highest BCUT2D eigenvalue weighted by molar-refractivity contribution is 5.94. The van der Waals surface area contributed by atoms with E-state index in [4.69, 9.17) is 14.2 Å². The molecular formula is C20H26N2O8. The number of ether oxygens (including phenoxy) is 3. The zero-order valence-electron chi connectivity index (χ0n) is 17.4. The molecule has 164 valence electrons. The quantitative estimate of drug-likeness (QED) is 0.400. The van der Waals surface area contributed by atoms with E-state index >= 15 is 0 Å². The predicted octanol–water partition coefficient (Wildman–Crippen LogP) is 1.86. The van der Waals surface area contributed by atoms with E-state index in [-0.39, 0.29) is 36.6 Å². The van der Waals surface area contributed by atoms with Crippen LogP contribution in [-0.2, 0) is 23.8 Å². The van der Waals surface area contributed by atoms with Crippen LogP contribution in [0.15, 0.2) is 24.3 Å². The van der Waals surface area contributed by atoms with Crippen molar-refractivity contribution in [2.24, 2.45) is 11.8 Å². The number of nitro groups is 1. The zero-order valence-corrected chi connectivity index (χ0v) is 17.4. The fraction of sp³-hybridized carbons (Fsp3) is 0.550. The van der Waals surface area contributed by atoms with Gasteiger partial charge in [-0.25, -0.2) is 4.79 Å². The lowest BCUT2D eigenvalue weighted by molar-refractivity contribution is -0.384. The second-order valence-electron chi connectivity index (χ2n) is 7.50. The molecule has 1 saturated heterocycles. The number of nitrogens with one attached hydrogen (secondary N) is 1. The van der Waals surface area contributed by atoms with Crippen molar-refractivity contribution in [2.45, 2.75) is 38.4 Å². The van der Waals surface area contributed by atoms with E-state index in [9.17, 15) is 24.5 Å². The molecule has 1 amide bonds. The van der Waals surface area contributed by atoms with Crippen LogP contribution in [0.4, 0.5) is 5.69 Å². The summed E-state index contributed by atoms with van der Waals surface area (Å²) in [5, 5.41) is 13.5. The van der Waals surface area contributed by atoms with E-state index in [1.165, 1.54) is 38.5 Å². The third-order valence-electron chi connectivity index (χ3n) is 5.41. The summed E-state index contributed by atoms with van der Waals surface area (Å²) < 4.78 is 15.7. The molecule has 0 radical (unpaired) electrons. The number of hydrogen-bond donors (Lipinski definition) is 1. The molecule has 30 heavy (non-hydrogen) atoms. The minimum Gasteiger partial charge on any atom is -0.469 e. The zero-order chi connectivity index (χ0) is 22.5. The summed E-state index contributed by atoms with van der Waals surface area (Å²) in [7, 11) is 2.51. The van der Waals surface area contributed by atoms with E-state index in [0.717, 1.165) is 0 Å². The van der Waals surface area contributed by atoms with Gasteiger partial charge in [0.15, 0.2) is 6.10 Å². The molecule has 0 saturated carbocycles. The van der Waals surface area contributed by atoms with Crippen LogP contribution < -0.4 is 5.32 Å². The van der Waals surface area contributed by atoms with Crippen molar-refractivity contribution in [1.82, 2.24) is 5.32 Å². The number of esters is 2. The third-order valence-corrected chi connectivity index (χ3v) is 5.41. The Bertz CT molecular complexity index is 782. The molecule has 1 N–H and O–H groups in total. The maximum Gasteiger partial charge on any atom is 0.335 e. The Kier molecular flexibility index (Phi) is 7.49. The Labute approximate surface area is 174 Å². The Morgan fingerprint density at radius 1 is 1.20 bits per heavy atom. The first-order valence-corrected chi connectivity index (χ1v) is 9.49. The first-order chi connectivity index (χ1) is 14.1. The van der Waals surface area contributed by atoms with Gasteiger partial charge in [0.1, 0.15) is 0 Å². The van der Waals surface area contributed by atoms with Crippen molar-refractivity contribution in [1.29, 1.82) is 0 Å². The van der Waals surface area contributed by atoms with Crippen LogP contribution in [0.2, 0.25) is 0 Å². The number of nitro benzene ring substituents is 1. The fourth-order valence-electron chi connectivity index (χ4n) is 3.52. The number of hydrogen-bond acceptors (Lipinski definition) is 8. The average Bonchev–Trinajstić information content (AvgIpc) is 2.75. The van der Waals surface area contributed by atoms with Crippen LogP contribution in [0.5, 0.6) is 0 Å². The van der Waals surface area contributed by atoms with Gasteiger partial charge in [0.25, 0.3) is 11.6 Å². The summed E-state index contributed by atoms with van der Waals surface area (Å²) in [6.07, 6.45) is -0.582. The van der Waals surface area contributed by atoms with E-state index < -0.39 is 40.4 Å². The summed E-state index contributed by atoms with van der Waals surface area (Å²) in [5.74, 6) is -2.27. The molecule has 1 heterocycles. The van der Waals surface area contributed by atoms with Gasteiger partial charge in [0, 0.05) is 24.2 Å². The van der Waals surface area contributed by atoms with Crippen LogP contribution in [0.3, 0.4) is 0 Å². The van der Waals surface area contributed by atoms with Crippen molar-refractivity contribution in [2.75, 3.05) is 20.8 Å². The molecule has 10 heteroatoms. The van der Waals surface area contributed by atoms with Crippen LogP contribution >= 0.6 is 0 Å². The standard InChI is InChI=1S/C20H26N2O8/c1-12(2)20(10-14(18(24)28-3)9-16(30-20)19(25)29-4)11-21-17(23)13-5-7-15(8-6-13)22(26)27/h5-8,12,14,16H,9-11H2,1-4H3,(H,21,23). The number of carbonyl (C=O) groups excluding carboxylic acids is 3. The van der Waals surface area contributed by atoms with Gasteiger partial charge in [0.05, 0.1) is 30.7 Å². The summed E-state index contributed by atoms with van der Waals surface area (Å²) in [4.78, 5) is 47.1. The Morgan fingerprint density at radius 2 is 1.80 bits per heavy atom. The lowest BCUT2D eigenvalue weighted by Crippen LogP contribution is -2.57. The predicted molar refractivity (Wildman–Crippen MR) is 105 cm³/mol. The summed E-state index contributed by atoms with van der Waals surface area (Å²) in [6, 6.07) is 5.19. The molecule has 0 spiro atoms. The van der Waals surface area contributed by atoms with Gasteiger partial charge in [-0.15, -0.1) is 0 Å². The second-order valence-corrected chi connectivity index (χ2v) is 7.50. The first-order valence-electron chi connectivity index (χ1n) is 9.49. The molecule has 1 aromatic rings. The van der Waals surface area contributed by atoms with E-state index in [0.29, 0.717) is 0 Å². The largest absolute Gasteiger partial charge is 0.469 e. The smallest absolute Gasteiger partial charge is 0.335 e. The number of benzene rings is 1. The number of methoxy groups -OCH3 is 2. The van der Waals surface area contributed by atoms with Gasteiger partial charge in [-0.2, -0.15) is 0 Å². The molecule has 1 fully saturated rings. The van der Waals surface area contributed by atoms with Crippen LogP contribution in [0.25, 0.3) is 0 Å². The van der Waals surface area contributed by atoms with Crippen molar-refractivity contribution in [3.8, 4) is 0 Å². The highest BCUT2D eigenvalue weighted by Gasteiger charge is 2.48. The number of non-ortho nitro benzene ring substituents is 1. The maximum atomic E-state index is 12.6. The molecule has 3 atom stereocenters. The van der Waals surface area contributed by atoms with Gasteiger partial charge in [-0.3, -0.25) is 19.7 Å². The number of nitrogens with zero attached hydrogens (tertiary/aromatic N) is 1. The van der Waals surface area contributed by atoms with Gasteiger partial charge in [-0.1, -0.05) is 13.8 Å². The first kappa shape index (κ1) is 23.3. The van der Waals surface area contributed by atoms with Crippen LogP contribution in [0, 0.1) is 22.0 Å². The van der Waals surface area contributed by atoms with Crippen molar-refractivity contribution >= 4 is 23.5 Å². The topological polar surface area (TPSA) is 134 Å². The minimum absolute atomic E-state index is 0.0292. The van der Waals surface area contributed by atoms with Crippen LogP contribution in [0.1, 0.15) is 37.0 Å². The Hall–Kier alpha value is -3.01. The van der Waals surface area contributed by atoms with Gasteiger partial charge in [-0.05, 0) is 30.9 Å². The molecule has 1 aromatic carbocycles. The molecule has 3 unspecified atom stereocenters. The SMILES string of the molecule is COC(=O)C1CC(C(=O)OC)OC(CNC(=O)c2ccc([N+](=O)[O-])cc2)(C(C)C)C1. The van der Waals surface area contributed by atoms with Crippen molar-refractivity contribution in [3.05, 3.63) is 39.9 Å². The monoisotopic (exact) mass is 422 g/mol. The lowest BCUT2D eigenvalue weighted by atomic mass is 9.76. The number of carbonyl (C=O) groups is 3. The van der Waals surface area contributed by atoms with E-state index in [1.54, 1.807) is 0 Å². The molecule has 2 rings (SSSR count). The Balaban J connectivity index is 2.22. The second kappa shape index (κ2) is 9.66. The van der Waals surface area contributed by atoms with E-state index in [2.05, 4.69) is 5.32 Å². The van der Waals surface area contributed by atoms with Crippen molar-refractivity contribution in [3.63, 3.8) is 0 Å². The lowest BCUT2D eigenvalue weighted by Gasteiger charge is -2.45. The number of amides is 1. The third kappa shape index (κ3) is 5.12. The summed E-state index contributed by atoms with van der Waals surface area (Å²) >= 11 is 0. The highest BCUT2D eigenvalue weighted by Crippen LogP contribution is 2.39. The van der Waals surface area contributed by atoms with E-state index in [1.807, 2.05) is 13.8 Å². The number of rotatable bonds is 7. The molecular weight excluding hydrogens is 396 g/mol. The Morgan fingerprint density at radius 3 is 2.30 bits per heavy atom. The normalized spacial score (nSPS) is 23.5. The highest BCUT2D eigenvalue weighted by atomic mass is 16.6. The maximum absolute atomic E-state index is 12.6. The summed E-state index contributed by atoms with van der Waals surface area (Å²) in [5.41, 5.74) is -0.890. The minimum atomic E-state index is -1.01. The molecule has 1 aliphatic heterocycles. The molecule has 1 aliphatic rings. The molecule has 0 bridgehead atoms. The molecule has 0 aliphatic carbocycles. The average molecular weight is 422 g/mol. The van der Waals surface area contributed by atoms with Gasteiger partial charge >= 0.3 is 11.9 Å².